The van der Waals surface area contributed by atoms with Crippen molar-refractivity contribution in [3.8, 4) is 0 Å². The Morgan fingerprint density at radius 3 is 2.79 bits per heavy atom. The lowest BCUT2D eigenvalue weighted by molar-refractivity contribution is 0.0647. The van der Waals surface area contributed by atoms with Gasteiger partial charge in [0.05, 0.1) is 5.69 Å². The van der Waals surface area contributed by atoms with E-state index in [1.807, 2.05) is 24.8 Å². The number of likely N-dealkylation sites (N-methyl/N-ethyl adjacent to an activating group) is 1. The Balaban J connectivity index is 1.68. The fourth-order valence-corrected chi connectivity index (χ4v) is 3.49. The van der Waals surface area contributed by atoms with Crippen LogP contribution in [0.3, 0.4) is 0 Å². The van der Waals surface area contributed by atoms with Gasteiger partial charge in [0, 0.05) is 37.8 Å². The summed E-state index contributed by atoms with van der Waals surface area (Å²) in [6, 6.07) is 12.8. The zero-order chi connectivity index (χ0) is 17.1. The minimum absolute atomic E-state index is 0.0580. The molecule has 2 heterocycles. The molecule has 1 amide bonds. The molecule has 0 radical (unpaired) electrons. The van der Waals surface area contributed by atoms with Gasteiger partial charge in [-0.1, -0.05) is 35.5 Å². The van der Waals surface area contributed by atoms with Crippen LogP contribution in [-0.4, -0.2) is 46.5 Å². The minimum atomic E-state index is -0.0580. The van der Waals surface area contributed by atoms with E-state index in [0.29, 0.717) is 18.3 Å². The summed E-state index contributed by atoms with van der Waals surface area (Å²) in [5.74, 6) is 0.279. The molecule has 0 spiro atoms. The quantitative estimate of drug-likeness (QED) is 0.845. The number of amides is 1. The first kappa shape index (κ1) is 16.7. The second kappa shape index (κ2) is 7.18. The smallest absolute Gasteiger partial charge is 0.292 e. The highest BCUT2D eigenvalue weighted by Crippen LogP contribution is 2.27. The lowest BCUT2D eigenvalue weighted by Gasteiger charge is -2.29. The summed E-state index contributed by atoms with van der Waals surface area (Å²) in [6.07, 6.45) is 0.990. The number of hydrogen-bond donors (Lipinski definition) is 0. The van der Waals surface area contributed by atoms with Crippen LogP contribution in [0, 0.1) is 6.92 Å². The highest BCUT2D eigenvalue weighted by atomic mass is 16.5. The number of benzene rings is 1. The molecule has 0 aliphatic carbocycles. The molecule has 24 heavy (non-hydrogen) atoms. The number of aryl methyl sites for hydroxylation is 1. The zero-order valence-electron chi connectivity index (χ0n) is 14.6. The molecule has 1 fully saturated rings. The summed E-state index contributed by atoms with van der Waals surface area (Å²) < 4.78 is 5.16. The maximum atomic E-state index is 12.7. The van der Waals surface area contributed by atoms with Crippen LogP contribution in [0.4, 0.5) is 0 Å². The van der Waals surface area contributed by atoms with Gasteiger partial charge >= 0.3 is 0 Å². The summed E-state index contributed by atoms with van der Waals surface area (Å²) in [4.78, 5) is 17.1. The van der Waals surface area contributed by atoms with Gasteiger partial charge in [-0.25, -0.2) is 0 Å². The average molecular weight is 327 g/mol. The van der Waals surface area contributed by atoms with Crippen LogP contribution < -0.4 is 0 Å². The van der Waals surface area contributed by atoms with Gasteiger partial charge in [-0.15, -0.1) is 0 Å². The van der Waals surface area contributed by atoms with Gasteiger partial charge in [0.1, 0.15) is 0 Å². The first-order valence-electron chi connectivity index (χ1n) is 8.63. The molecule has 1 aromatic carbocycles. The Morgan fingerprint density at radius 1 is 1.42 bits per heavy atom. The van der Waals surface area contributed by atoms with E-state index in [4.69, 9.17) is 4.52 Å². The third-order valence-corrected chi connectivity index (χ3v) is 4.91. The van der Waals surface area contributed by atoms with Crippen LogP contribution >= 0.6 is 0 Å². The number of carbonyl (C=O) groups is 1. The molecule has 1 aliphatic rings. The topological polar surface area (TPSA) is 49.6 Å². The zero-order valence-corrected chi connectivity index (χ0v) is 14.6. The number of rotatable bonds is 5. The third-order valence-electron chi connectivity index (χ3n) is 4.91. The van der Waals surface area contributed by atoms with Gasteiger partial charge in [-0.3, -0.25) is 9.69 Å². The normalized spacial score (nSPS) is 19.4. The monoisotopic (exact) mass is 327 g/mol. The van der Waals surface area contributed by atoms with E-state index in [1.165, 1.54) is 5.56 Å². The fourth-order valence-electron chi connectivity index (χ4n) is 3.49. The van der Waals surface area contributed by atoms with E-state index in [2.05, 4.69) is 41.2 Å². The number of hydrogen-bond acceptors (Lipinski definition) is 4. The molecule has 3 rings (SSSR count). The van der Waals surface area contributed by atoms with E-state index < -0.39 is 0 Å². The molecular formula is C19H25N3O2. The Labute approximate surface area is 143 Å². The summed E-state index contributed by atoms with van der Waals surface area (Å²) in [5, 5.41) is 3.83. The first-order valence-corrected chi connectivity index (χ1v) is 8.63. The molecule has 0 bridgehead atoms. The summed E-state index contributed by atoms with van der Waals surface area (Å²) in [6.45, 7) is 8.65. The minimum Gasteiger partial charge on any atom is -0.351 e. The van der Waals surface area contributed by atoms with Crippen molar-refractivity contribution in [2.45, 2.75) is 39.3 Å². The molecule has 5 heteroatoms. The molecule has 0 unspecified atom stereocenters. The molecule has 1 aromatic heterocycles. The maximum absolute atomic E-state index is 12.7. The van der Waals surface area contributed by atoms with Crippen LogP contribution in [0.15, 0.2) is 40.9 Å². The van der Waals surface area contributed by atoms with Crippen molar-refractivity contribution in [2.75, 3.05) is 19.6 Å². The van der Waals surface area contributed by atoms with E-state index in [1.54, 1.807) is 6.07 Å². The maximum Gasteiger partial charge on any atom is 0.292 e. The summed E-state index contributed by atoms with van der Waals surface area (Å²) in [7, 11) is 0. The van der Waals surface area contributed by atoms with Crippen LogP contribution in [0.5, 0.6) is 0 Å². The fraction of sp³-hybridized carbons (Fsp3) is 0.474. The number of nitrogens with zero attached hydrogens (tertiary/aromatic N) is 3. The van der Waals surface area contributed by atoms with Crippen molar-refractivity contribution in [1.29, 1.82) is 0 Å². The van der Waals surface area contributed by atoms with Gasteiger partial charge in [0.15, 0.2) is 0 Å². The Bertz CT molecular complexity index is 683. The largest absolute Gasteiger partial charge is 0.351 e. The van der Waals surface area contributed by atoms with Crippen LogP contribution in [0.2, 0.25) is 0 Å². The summed E-state index contributed by atoms with van der Waals surface area (Å²) in [5.41, 5.74) is 2.05. The van der Waals surface area contributed by atoms with Gasteiger partial charge < -0.3 is 9.42 Å². The molecule has 1 aliphatic heterocycles. The highest BCUT2D eigenvalue weighted by molar-refractivity contribution is 5.91. The van der Waals surface area contributed by atoms with E-state index in [0.717, 1.165) is 25.2 Å². The van der Waals surface area contributed by atoms with E-state index in [-0.39, 0.29) is 11.9 Å². The van der Waals surface area contributed by atoms with Crippen molar-refractivity contribution in [2.24, 2.45) is 0 Å². The van der Waals surface area contributed by atoms with Gasteiger partial charge in [0.2, 0.25) is 5.76 Å². The molecule has 2 atom stereocenters. The number of carbonyl (C=O) groups excluding carboxylic acids is 1. The lowest BCUT2D eigenvalue weighted by Crippen LogP contribution is -2.42. The molecule has 128 valence electrons. The van der Waals surface area contributed by atoms with Crippen LogP contribution in [-0.2, 0) is 0 Å². The van der Waals surface area contributed by atoms with Crippen molar-refractivity contribution in [3.05, 3.63) is 53.4 Å². The Kier molecular flexibility index (Phi) is 5.00. The molecule has 1 saturated heterocycles. The molecule has 2 aromatic rings. The van der Waals surface area contributed by atoms with Crippen molar-refractivity contribution in [1.82, 2.24) is 15.0 Å². The van der Waals surface area contributed by atoms with E-state index >= 15 is 0 Å². The number of aromatic nitrogens is 1. The average Bonchev–Trinajstić information content (AvgIpc) is 3.25. The second-order valence-corrected chi connectivity index (χ2v) is 6.45. The standard InChI is InChI=1S/C19H25N3O2/c1-4-22(19(23)18-12-14(2)20-24-18)17-10-11-21(13-17)15(3)16-8-6-5-7-9-16/h5-9,12,15,17H,4,10-11,13H2,1-3H3/t15-,17-/m1/s1. The predicted molar refractivity (Wildman–Crippen MR) is 92.8 cm³/mol. The highest BCUT2D eigenvalue weighted by Gasteiger charge is 2.33. The van der Waals surface area contributed by atoms with Crippen LogP contribution in [0.1, 0.15) is 48.1 Å². The SMILES string of the molecule is CCN(C(=O)c1cc(C)no1)[C@@H]1CCN([C@H](C)c2ccccc2)C1. The van der Waals surface area contributed by atoms with Crippen molar-refractivity contribution in [3.63, 3.8) is 0 Å². The molecule has 5 nitrogen and oxygen atoms in total. The lowest BCUT2D eigenvalue weighted by atomic mass is 10.1. The second-order valence-electron chi connectivity index (χ2n) is 6.45. The first-order chi connectivity index (χ1) is 11.6. The summed E-state index contributed by atoms with van der Waals surface area (Å²) >= 11 is 0. The molecular weight excluding hydrogens is 302 g/mol. The van der Waals surface area contributed by atoms with Gasteiger partial charge in [0.25, 0.3) is 5.91 Å². The van der Waals surface area contributed by atoms with Crippen molar-refractivity contribution < 1.29 is 9.32 Å². The molecule has 0 saturated carbocycles. The molecule has 0 N–H and O–H groups in total. The van der Waals surface area contributed by atoms with Gasteiger partial charge in [-0.2, -0.15) is 0 Å². The third kappa shape index (κ3) is 3.36. The van der Waals surface area contributed by atoms with Crippen LogP contribution in [0.25, 0.3) is 0 Å². The Morgan fingerprint density at radius 2 is 2.17 bits per heavy atom. The number of likely N-dealkylation sites (tertiary alicyclic amines) is 1. The predicted octanol–water partition coefficient (Wildman–Crippen LogP) is 3.28. The van der Waals surface area contributed by atoms with E-state index in [9.17, 15) is 4.79 Å². The van der Waals surface area contributed by atoms with Gasteiger partial charge in [-0.05, 0) is 32.8 Å². The Hall–Kier alpha value is -2.14. The van der Waals surface area contributed by atoms with Crippen molar-refractivity contribution >= 4 is 5.91 Å².